The van der Waals surface area contributed by atoms with Crippen molar-refractivity contribution in [3.63, 3.8) is 0 Å². The standard InChI is InChI=1S/C13H25N3OS/c1-13(2)3-6-16(9-10-18-13)12(17)11-15-7-4-14-5-8-15/h14H,3-11H2,1-2H3. The van der Waals surface area contributed by atoms with Crippen molar-refractivity contribution in [2.75, 3.05) is 51.6 Å². The number of amides is 1. The van der Waals surface area contributed by atoms with Gasteiger partial charge in [0.2, 0.25) is 5.91 Å². The predicted octanol–water partition coefficient (Wildman–Crippen LogP) is 0.636. The molecule has 1 N–H and O–H groups in total. The predicted molar refractivity (Wildman–Crippen MR) is 77.0 cm³/mol. The first-order chi connectivity index (χ1) is 8.57. The van der Waals surface area contributed by atoms with Crippen LogP contribution in [0.2, 0.25) is 0 Å². The summed E-state index contributed by atoms with van der Waals surface area (Å²) in [6.45, 7) is 11.0. The van der Waals surface area contributed by atoms with E-state index in [0.29, 0.717) is 17.2 Å². The molecule has 0 aromatic heterocycles. The highest BCUT2D eigenvalue weighted by Gasteiger charge is 2.26. The lowest BCUT2D eigenvalue weighted by Crippen LogP contribution is -2.48. The van der Waals surface area contributed by atoms with E-state index < -0.39 is 0 Å². The number of thioether (sulfide) groups is 1. The molecule has 2 aliphatic heterocycles. The van der Waals surface area contributed by atoms with Crippen molar-refractivity contribution >= 4 is 17.7 Å². The SMILES string of the molecule is CC1(C)CCN(C(=O)CN2CCNCC2)CCS1. The molecule has 0 atom stereocenters. The topological polar surface area (TPSA) is 35.6 Å². The normalized spacial score (nSPS) is 25.8. The second-order valence-corrected chi connectivity index (χ2v) is 7.57. The Bertz CT molecular complexity index is 290. The van der Waals surface area contributed by atoms with Gasteiger partial charge in [0.05, 0.1) is 6.54 Å². The molecule has 0 aromatic carbocycles. The minimum absolute atomic E-state index is 0.315. The molecule has 0 aliphatic carbocycles. The number of piperazine rings is 1. The summed E-state index contributed by atoms with van der Waals surface area (Å²) in [5.41, 5.74) is 0. The highest BCUT2D eigenvalue weighted by Crippen LogP contribution is 2.30. The number of carbonyl (C=O) groups excluding carboxylic acids is 1. The Morgan fingerprint density at radius 1 is 1.22 bits per heavy atom. The van der Waals surface area contributed by atoms with Crippen LogP contribution in [0.3, 0.4) is 0 Å². The van der Waals surface area contributed by atoms with Crippen LogP contribution in [-0.4, -0.2) is 72.0 Å². The average molecular weight is 271 g/mol. The van der Waals surface area contributed by atoms with Gasteiger partial charge in [0.15, 0.2) is 0 Å². The molecular weight excluding hydrogens is 246 g/mol. The highest BCUT2D eigenvalue weighted by molar-refractivity contribution is 8.00. The van der Waals surface area contributed by atoms with Crippen molar-refractivity contribution in [3.8, 4) is 0 Å². The van der Waals surface area contributed by atoms with E-state index in [9.17, 15) is 4.79 Å². The van der Waals surface area contributed by atoms with Crippen molar-refractivity contribution < 1.29 is 4.79 Å². The first-order valence-electron chi connectivity index (χ1n) is 6.92. The molecule has 0 bridgehead atoms. The van der Waals surface area contributed by atoms with Crippen LogP contribution in [0, 0.1) is 0 Å². The van der Waals surface area contributed by atoms with Crippen molar-refractivity contribution in [1.82, 2.24) is 15.1 Å². The van der Waals surface area contributed by atoms with Crippen LogP contribution in [0.25, 0.3) is 0 Å². The largest absolute Gasteiger partial charge is 0.341 e. The fourth-order valence-corrected chi connectivity index (χ4v) is 3.53. The zero-order chi connectivity index (χ0) is 13.0. The van der Waals surface area contributed by atoms with Crippen LogP contribution in [0.4, 0.5) is 0 Å². The maximum atomic E-state index is 12.3. The third-order valence-electron chi connectivity index (χ3n) is 3.76. The van der Waals surface area contributed by atoms with Crippen molar-refractivity contribution in [2.24, 2.45) is 0 Å². The number of hydrogen-bond acceptors (Lipinski definition) is 4. The van der Waals surface area contributed by atoms with Crippen molar-refractivity contribution in [1.29, 1.82) is 0 Å². The third-order valence-corrected chi connectivity index (χ3v) is 5.13. The van der Waals surface area contributed by atoms with Gasteiger partial charge in [-0.2, -0.15) is 11.8 Å². The molecule has 0 unspecified atom stereocenters. The van der Waals surface area contributed by atoms with E-state index in [1.807, 2.05) is 11.8 Å². The van der Waals surface area contributed by atoms with E-state index >= 15 is 0 Å². The Morgan fingerprint density at radius 3 is 2.67 bits per heavy atom. The van der Waals surface area contributed by atoms with Crippen LogP contribution in [0.5, 0.6) is 0 Å². The maximum absolute atomic E-state index is 12.3. The summed E-state index contributed by atoms with van der Waals surface area (Å²) in [5, 5.41) is 3.32. The van der Waals surface area contributed by atoms with Gasteiger partial charge in [0.25, 0.3) is 0 Å². The Morgan fingerprint density at radius 2 is 1.94 bits per heavy atom. The van der Waals surface area contributed by atoms with Gasteiger partial charge >= 0.3 is 0 Å². The number of nitrogens with one attached hydrogen (secondary N) is 1. The Labute approximate surface area is 114 Å². The van der Waals surface area contributed by atoms with E-state index in [0.717, 1.165) is 51.4 Å². The zero-order valence-electron chi connectivity index (χ0n) is 11.6. The summed E-state index contributed by atoms with van der Waals surface area (Å²) in [5.74, 6) is 1.38. The van der Waals surface area contributed by atoms with Crippen LogP contribution < -0.4 is 5.32 Å². The zero-order valence-corrected chi connectivity index (χ0v) is 12.4. The van der Waals surface area contributed by atoms with E-state index in [1.54, 1.807) is 0 Å². The maximum Gasteiger partial charge on any atom is 0.236 e. The quantitative estimate of drug-likeness (QED) is 0.799. The second-order valence-electron chi connectivity index (χ2n) is 5.77. The van der Waals surface area contributed by atoms with Crippen molar-refractivity contribution in [3.05, 3.63) is 0 Å². The lowest BCUT2D eigenvalue weighted by atomic mass is 10.1. The lowest BCUT2D eigenvalue weighted by Gasteiger charge is -2.29. The summed E-state index contributed by atoms with van der Waals surface area (Å²) >= 11 is 1.99. The van der Waals surface area contributed by atoms with E-state index in [4.69, 9.17) is 0 Å². The van der Waals surface area contributed by atoms with Gasteiger partial charge in [-0.05, 0) is 6.42 Å². The Hall–Kier alpha value is -0.260. The number of nitrogens with zero attached hydrogens (tertiary/aromatic N) is 2. The molecule has 0 saturated carbocycles. The molecule has 1 amide bonds. The number of hydrogen-bond donors (Lipinski definition) is 1. The molecule has 18 heavy (non-hydrogen) atoms. The summed E-state index contributed by atoms with van der Waals surface area (Å²) in [6, 6.07) is 0. The van der Waals surface area contributed by atoms with Gasteiger partial charge in [-0.25, -0.2) is 0 Å². The third kappa shape index (κ3) is 4.14. The fraction of sp³-hybridized carbons (Fsp3) is 0.923. The van der Waals surface area contributed by atoms with Gasteiger partial charge in [-0.3, -0.25) is 9.69 Å². The minimum Gasteiger partial charge on any atom is -0.341 e. The van der Waals surface area contributed by atoms with Crippen LogP contribution in [0.1, 0.15) is 20.3 Å². The van der Waals surface area contributed by atoms with Crippen LogP contribution in [0.15, 0.2) is 0 Å². The highest BCUT2D eigenvalue weighted by atomic mass is 32.2. The molecule has 5 heteroatoms. The average Bonchev–Trinajstić information content (AvgIpc) is 2.51. The molecule has 0 radical (unpaired) electrons. The van der Waals surface area contributed by atoms with Crippen molar-refractivity contribution in [2.45, 2.75) is 25.0 Å². The Kier molecular flexibility index (Phi) is 4.92. The van der Waals surface area contributed by atoms with E-state index in [2.05, 4.69) is 29.0 Å². The molecule has 0 spiro atoms. The summed E-state index contributed by atoms with van der Waals surface area (Å²) in [4.78, 5) is 16.6. The minimum atomic E-state index is 0.315. The molecule has 2 heterocycles. The first kappa shape index (κ1) is 14.2. The van der Waals surface area contributed by atoms with E-state index in [-0.39, 0.29) is 0 Å². The Balaban J connectivity index is 1.81. The monoisotopic (exact) mass is 271 g/mol. The molecule has 2 aliphatic rings. The molecule has 0 aromatic rings. The smallest absolute Gasteiger partial charge is 0.236 e. The van der Waals surface area contributed by atoms with Gasteiger partial charge < -0.3 is 10.2 Å². The molecule has 2 rings (SSSR count). The van der Waals surface area contributed by atoms with Crippen LogP contribution in [-0.2, 0) is 4.79 Å². The molecule has 2 saturated heterocycles. The summed E-state index contributed by atoms with van der Waals surface area (Å²) < 4.78 is 0.323. The first-order valence-corrected chi connectivity index (χ1v) is 7.90. The lowest BCUT2D eigenvalue weighted by molar-refractivity contribution is -0.132. The molecule has 4 nitrogen and oxygen atoms in total. The summed E-state index contributed by atoms with van der Waals surface area (Å²) in [6.07, 6.45) is 1.10. The molecule has 2 fully saturated rings. The van der Waals surface area contributed by atoms with Gasteiger partial charge in [0.1, 0.15) is 0 Å². The number of rotatable bonds is 2. The van der Waals surface area contributed by atoms with Gasteiger partial charge in [-0.1, -0.05) is 13.8 Å². The molecule has 104 valence electrons. The second kappa shape index (κ2) is 6.26. The number of carbonyl (C=O) groups is 1. The fourth-order valence-electron chi connectivity index (χ4n) is 2.43. The molecular formula is C13H25N3OS. The van der Waals surface area contributed by atoms with Gasteiger partial charge in [0, 0.05) is 49.8 Å². The van der Waals surface area contributed by atoms with Crippen LogP contribution >= 0.6 is 11.8 Å². The summed E-state index contributed by atoms with van der Waals surface area (Å²) in [7, 11) is 0. The van der Waals surface area contributed by atoms with E-state index in [1.165, 1.54) is 0 Å². The van der Waals surface area contributed by atoms with Gasteiger partial charge in [-0.15, -0.1) is 0 Å².